The summed E-state index contributed by atoms with van der Waals surface area (Å²) in [4.78, 5) is 16.6. The van der Waals surface area contributed by atoms with Gasteiger partial charge in [0.25, 0.3) is 5.91 Å². The van der Waals surface area contributed by atoms with Crippen LogP contribution in [0.2, 0.25) is 0 Å². The zero-order chi connectivity index (χ0) is 16.2. The van der Waals surface area contributed by atoms with Crippen molar-refractivity contribution in [2.45, 2.75) is 13.3 Å². The first kappa shape index (κ1) is 14.9. The van der Waals surface area contributed by atoms with Gasteiger partial charge in [0.15, 0.2) is 0 Å². The SMILES string of the molecule is CCc1cc(C(=O)Nc2cn[nH]c2-c2ccccn2)ccc1F. The molecule has 0 fully saturated rings. The average Bonchev–Trinajstić information content (AvgIpc) is 3.04. The highest BCUT2D eigenvalue weighted by molar-refractivity contribution is 6.05. The van der Waals surface area contributed by atoms with E-state index >= 15 is 0 Å². The lowest BCUT2D eigenvalue weighted by Gasteiger charge is -2.07. The standard InChI is InChI=1S/C17H15FN4O/c1-2-11-9-12(6-7-13(11)18)17(23)21-15-10-20-22-16(15)14-5-3-4-8-19-14/h3-10H,2H2,1H3,(H,20,22)(H,21,23). The van der Waals surface area contributed by atoms with E-state index in [1.807, 2.05) is 25.1 Å². The molecule has 1 aromatic carbocycles. The summed E-state index contributed by atoms with van der Waals surface area (Å²) in [5.74, 6) is -0.625. The molecule has 0 saturated heterocycles. The highest BCUT2D eigenvalue weighted by Gasteiger charge is 2.14. The van der Waals surface area contributed by atoms with Crippen LogP contribution in [0.3, 0.4) is 0 Å². The van der Waals surface area contributed by atoms with Crippen LogP contribution < -0.4 is 5.32 Å². The van der Waals surface area contributed by atoms with E-state index in [0.29, 0.717) is 34.6 Å². The van der Waals surface area contributed by atoms with Gasteiger partial charge in [-0.05, 0) is 42.3 Å². The fraction of sp³-hybridized carbons (Fsp3) is 0.118. The van der Waals surface area contributed by atoms with E-state index in [-0.39, 0.29) is 11.7 Å². The molecule has 0 bridgehead atoms. The Bertz CT molecular complexity index is 830. The molecule has 3 aromatic rings. The normalized spacial score (nSPS) is 10.5. The van der Waals surface area contributed by atoms with Crippen molar-refractivity contribution < 1.29 is 9.18 Å². The van der Waals surface area contributed by atoms with Gasteiger partial charge in [0.05, 0.1) is 17.6 Å². The lowest BCUT2D eigenvalue weighted by molar-refractivity contribution is 0.102. The van der Waals surface area contributed by atoms with Crippen LogP contribution in [0.1, 0.15) is 22.8 Å². The fourth-order valence-corrected chi connectivity index (χ4v) is 2.27. The molecule has 0 radical (unpaired) electrons. The Hall–Kier alpha value is -3.02. The number of aromatic nitrogens is 3. The van der Waals surface area contributed by atoms with Crippen molar-refractivity contribution in [1.82, 2.24) is 15.2 Å². The van der Waals surface area contributed by atoms with Crippen molar-refractivity contribution in [1.29, 1.82) is 0 Å². The summed E-state index contributed by atoms with van der Waals surface area (Å²) in [7, 11) is 0. The number of benzene rings is 1. The van der Waals surface area contributed by atoms with Gasteiger partial charge in [-0.3, -0.25) is 14.9 Å². The number of rotatable bonds is 4. The predicted octanol–water partition coefficient (Wildman–Crippen LogP) is 3.43. The first-order valence-electron chi connectivity index (χ1n) is 7.23. The van der Waals surface area contributed by atoms with Crippen LogP contribution in [0.5, 0.6) is 0 Å². The topological polar surface area (TPSA) is 70.7 Å². The third-order valence-corrected chi connectivity index (χ3v) is 3.50. The Morgan fingerprint density at radius 1 is 1.30 bits per heavy atom. The second kappa shape index (κ2) is 6.39. The minimum absolute atomic E-state index is 0.304. The lowest BCUT2D eigenvalue weighted by atomic mass is 10.1. The Labute approximate surface area is 132 Å². The molecular formula is C17H15FN4O. The van der Waals surface area contributed by atoms with E-state index < -0.39 is 0 Å². The highest BCUT2D eigenvalue weighted by Crippen LogP contribution is 2.23. The monoisotopic (exact) mass is 310 g/mol. The minimum atomic E-state index is -0.321. The molecule has 3 rings (SSSR count). The van der Waals surface area contributed by atoms with Gasteiger partial charge in [-0.25, -0.2) is 4.39 Å². The smallest absolute Gasteiger partial charge is 0.255 e. The molecule has 0 spiro atoms. The van der Waals surface area contributed by atoms with E-state index in [0.717, 1.165) is 0 Å². The number of amides is 1. The van der Waals surface area contributed by atoms with Crippen LogP contribution >= 0.6 is 0 Å². The molecule has 2 heterocycles. The third kappa shape index (κ3) is 3.11. The minimum Gasteiger partial charge on any atom is -0.319 e. The van der Waals surface area contributed by atoms with E-state index in [9.17, 15) is 9.18 Å². The molecule has 2 N–H and O–H groups in total. The summed E-state index contributed by atoms with van der Waals surface area (Å²) in [5, 5.41) is 9.56. The maximum absolute atomic E-state index is 13.5. The maximum atomic E-state index is 13.5. The summed E-state index contributed by atoms with van der Waals surface area (Å²) >= 11 is 0. The van der Waals surface area contributed by atoms with Gasteiger partial charge >= 0.3 is 0 Å². The summed E-state index contributed by atoms with van der Waals surface area (Å²) in [6.07, 6.45) is 3.71. The predicted molar refractivity (Wildman–Crippen MR) is 85.5 cm³/mol. The van der Waals surface area contributed by atoms with Crippen LogP contribution in [0, 0.1) is 5.82 Å². The maximum Gasteiger partial charge on any atom is 0.255 e. The summed E-state index contributed by atoms with van der Waals surface area (Å²) < 4.78 is 13.5. The van der Waals surface area contributed by atoms with E-state index in [4.69, 9.17) is 0 Å². The van der Waals surface area contributed by atoms with E-state index in [2.05, 4.69) is 20.5 Å². The van der Waals surface area contributed by atoms with Crippen molar-refractivity contribution >= 4 is 11.6 Å². The van der Waals surface area contributed by atoms with Crippen LogP contribution in [-0.4, -0.2) is 21.1 Å². The number of pyridine rings is 1. The Morgan fingerprint density at radius 3 is 2.91 bits per heavy atom. The number of H-pyrrole nitrogens is 1. The first-order valence-corrected chi connectivity index (χ1v) is 7.23. The number of carbonyl (C=O) groups excluding carboxylic acids is 1. The van der Waals surface area contributed by atoms with Gasteiger partial charge in [0, 0.05) is 11.8 Å². The molecule has 1 amide bonds. The van der Waals surface area contributed by atoms with Crippen molar-refractivity contribution in [3.8, 4) is 11.4 Å². The van der Waals surface area contributed by atoms with Gasteiger partial charge in [-0.2, -0.15) is 5.10 Å². The first-order chi connectivity index (χ1) is 11.2. The molecule has 0 aliphatic heterocycles. The number of carbonyl (C=O) groups is 1. The third-order valence-electron chi connectivity index (χ3n) is 3.50. The Kier molecular flexibility index (Phi) is 4.14. The van der Waals surface area contributed by atoms with Gasteiger partial charge in [-0.1, -0.05) is 13.0 Å². The number of halogens is 1. The number of anilines is 1. The number of nitrogens with zero attached hydrogens (tertiary/aromatic N) is 2. The number of nitrogens with one attached hydrogen (secondary N) is 2. The number of aryl methyl sites for hydroxylation is 1. The molecule has 5 nitrogen and oxygen atoms in total. The summed E-state index contributed by atoms with van der Waals surface area (Å²) in [6, 6.07) is 9.81. The van der Waals surface area contributed by atoms with Gasteiger partial charge in [0.2, 0.25) is 0 Å². The van der Waals surface area contributed by atoms with Crippen molar-refractivity contribution in [3.63, 3.8) is 0 Å². The molecular weight excluding hydrogens is 295 g/mol. The number of hydrogen-bond acceptors (Lipinski definition) is 3. The van der Waals surface area contributed by atoms with Crippen molar-refractivity contribution in [2.75, 3.05) is 5.32 Å². The number of aromatic amines is 1. The quantitative estimate of drug-likeness (QED) is 0.775. The van der Waals surface area contributed by atoms with Gasteiger partial charge in [-0.15, -0.1) is 0 Å². The zero-order valence-corrected chi connectivity index (χ0v) is 12.5. The van der Waals surface area contributed by atoms with Crippen molar-refractivity contribution in [2.24, 2.45) is 0 Å². The van der Waals surface area contributed by atoms with Crippen LogP contribution in [-0.2, 0) is 6.42 Å². The average molecular weight is 310 g/mol. The van der Waals surface area contributed by atoms with Gasteiger partial charge in [0.1, 0.15) is 11.5 Å². The molecule has 0 atom stereocenters. The highest BCUT2D eigenvalue weighted by atomic mass is 19.1. The van der Waals surface area contributed by atoms with Crippen LogP contribution in [0.25, 0.3) is 11.4 Å². The Balaban J connectivity index is 1.86. The molecule has 2 aromatic heterocycles. The fourth-order valence-electron chi connectivity index (χ4n) is 2.27. The van der Waals surface area contributed by atoms with Crippen LogP contribution in [0.15, 0.2) is 48.8 Å². The van der Waals surface area contributed by atoms with Crippen LogP contribution in [0.4, 0.5) is 10.1 Å². The van der Waals surface area contributed by atoms with E-state index in [1.54, 1.807) is 12.3 Å². The second-order valence-corrected chi connectivity index (χ2v) is 4.99. The largest absolute Gasteiger partial charge is 0.319 e. The lowest BCUT2D eigenvalue weighted by Crippen LogP contribution is -2.12. The molecule has 0 unspecified atom stereocenters. The Morgan fingerprint density at radius 2 is 2.17 bits per heavy atom. The van der Waals surface area contributed by atoms with Gasteiger partial charge < -0.3 is 5.32 Å². The molecule has 0 aliphatic carbocycles. The summed E-state index contributed by atoms with van der Waals surface area (Å²) in [6.45, 7) is 1.84. The molecule has 6 heteroatoms. The molecule has 0 aliphatic rings. The summed E-state index contributed by atoms with van der Waals surface area (Å²) in [5.41, 5.74) is 2.73. The van der Waals surface area contributed by atoms with Crippen molar-refractivity contribution in [3.05, 3.63) is 65.7 Å². The molecule has 116 valence electrons. The molecule has 23 heavy (non-hydrogen) atoms. The number of hydrogen-bond donors (Lipinski definition) is 2. The van der Waals surface area contributed by atoms with E-state index in [1.165, 1.54) is 18.3 Å². The zero-order valence-electron chi connectivity index (χ0n) is 12.5. The second-order valence-electron chi connectivity index (χ2n) is 4.99. The molecule has 0 saturated carbocycles.